The number of rotatable bonds is 1. The topological polar surface area (TPSA) is 13.1 Å². The smallest absolute Gasteiger partial charge is 0.134 e. The first-order valence-electron chi connectivity index (χ1n) is 3.89. The van der Waals surface area contributed by atoms with Gasteiger partial charge in [0.25, 0.3) is 0 Å². The fourth-order valence-electron chi connectivity index (χ4n) is 1.14. The van der Waals surface area contributed by atoms with Crippen LogP contribution >= 0.6 is 0 Å². The fraction of sp³-hybridized carbons (Fsp3) is 0.0909. The van der Waals surface area contributed by atoms with Crippen LogP contribution in [0, 0.1) is 13.0 Å². The maximum atomic E-state index is 5.45. The van der Waals surface area contributed by atoms with Crippen LogP contribution in [0.3, 0.4) is 0 Å². The van der Waals surface area contributed by atoms with Gasteiger partial charge in [-0.1, -0.05) is 18.2 Å². The van der Waals surface area contributed by atoms with Crippen LogP contribution in [0.1, 0.15) is 5.76 Å². The number of hydrogen-bond donors (Lipinski definition) is 0. The van der Waals surface area contributed by atoms with Crippen molar-refractivity contribution in [1.29, 1.82) is 0 Å². The van der Waals surface area contributed by atoms with E-state index in [9.17, 15) is 0 Å². The van der Waals surface area contributed by atoms with E-state index in [0.717, 1.165) is 17.1 Å². The minimum absolute atomic E-state index is 0.907. The highest BCUT2D eigenvalue weighted by Crippen LogP contribution is 2.20. The highest BCUT2D eigenvalue weighted by atomic mass is 16.3. The Morgan fingerprint density at radius 1 is 1.25 bits per heavy atom. The van der Waals surface area contributed by atoms with Gasteiger partial charge in [-0.3, -0.25) is 0 Å². The van der Waals surface area contributed by atoms with Crippen molar-refractivity contribution in [2.75, 3.05) is 0 Å². The number of benzene rings is 1. The normalized spacial score (nSPS) is 10.1. The van der Waals surface area contributed by atoms with E-state index in [-0.39, 0.29) is 0 Å². The first kappa shape index (κ1) is 7.17. The zero-order chi connectivity index (χ0) is 8.39. The SMILES string of the molecule is Cc1ccc(-c2c[c]ccc2)o1. The van der Waals surface area contributed by atoms with Crippen LogP contribution in [0.2, 0.25) is 0 Å². The van der Waals surface area contributed by atoms with Gasteiger partial charge in [0.05, 0.1) is 0 Å². The van der Waals surface area contributed by atoms with E-state index in [4.69, 9.17) is 4.42 Å². The van der Waals surface area contributed by atoms with E-state index in [0.29, 0.717) is 0 Å². The summed E-state index contributed by atoms with van der Waals surface area (Å²) in [5, 5.41) is 0. The van der Waals surface area contributed by atoms with Gasteiger partial charge in [0, 0.05) is 5.56 Å². The van der Waals surface area contributed by atoms with Crippen LogP contribution in [0.5, 0.6) is 0 Å². The lowest BCUT2D eigenvalue weighted by Gasteiger charge is -1.93. The molecule has 0 N–H and O–H groups in total. The monoisotopic (exact) mass is 157 g/mol. The van der Waals surface area contributed by atoms with Crippen LogP contribution in [-0.2, 0) is 0 Å². The summed E-state index contributed by atoms with van der Waals surface area (Å²) in [5.74, 6) is 1.85. The van der Waals surface area contributed by atoms with Gasteiger partial charge in [0.2, 0.25) is 0 Å². The standard InChI is InChI=1S/C11H9O/c1-9-7-8-11(12-9)10-5-3-2-4-6-10/h2-3,5-8H,1H3. The second kappa shape index (κ2) is 2.86. The van der Waals surface area contributed by atoms with E-state index >= 15 is 0 Å². The summed E-state index contributed by atoms with van der Waals surface area (Å²) < 4.78 is 5.45. The Labute approximate surface area is 71.6 Å². The van der Waals surface area contributed by atoms with E-state index < -0.39 is 0 Å². The molecule has 1 radical (unpaired) electrons. The summed E-state index contributed by atoms with van der Waals surface area (Å²) >= 11 is 0. The van der Waals surface area contributed by atoms with Crippen molar-refractivity contribution >= 4 is 0 Å². The Morgan fingerprint density at radius 3 is 2.75 bits per heavy atom. The molecule has 1 aromatic heterocycles. The van der Waals surface area contributed by atoms with Crippen molar-refractivity contribution in [2.24, 2.45) is 0 Å². The van der Waals surface area contributed by atoms with E-state index in [1.165, 1.54) is 0 Å². The van der Waals surface area contributed by atoms with Crippen LogP contribution in [0.25, 0.3) is 11.3 Å². The third-order valence-corrected chi connectivity index (χ3v) is 1.73. The molecule has 0 aliphatic heterocycles. The molecular formula is C11H9O. The van der Waals surface area contributed by atoms with E-state index in [1.54, 1.807) is 0 Å². The van der Waals surface area contributed by atoms with Gasteiger partial charge in [-0.25, -0.2) is 0 Å². The Balaban J connectivity index is 2.45. The van der Waals surface area contributed by atoms with Gasteiger partial charge >= 0.3 is 0 Å². The van der Waals surface area contributed by atoms with Gasteiger partial charge in [-0.15, -0.1) is 0 Å². The molecule has 0 aliphatic rings. The van der Waals surface area contributed by atoms with E-state index in [2.05, 4.69) is 6.07 Å². The summed E-state index contributed by atoms with van der Waals surface area (Å²) in [5.41, 5.74) is 1.07. The van der Waals surface area contributed by atoms with Crippen molar-refractivity contribution in [3.8, 4) is 11.3 Å². The zero-order valence-electron chi connectivity index (χ0n) is 6.87. The maximum Gasteiger partial charge on any atom is 0.134 e. The molecule has 1 heterocycles. The predicted octanol–water partition coefficient (Wildman–Crippen LogP) is 3.06. The molecule has 2 rings (SSSR count). The first-order chi connectivity index (χ1) is 5.86. The van der Waals surface area contributed by atoms with Crippen molar-refractivity contribution in [2.45, 2.75) is 6.92 Å². The molecule has 0 saturated carbocycles. The summed E-state index contributed by atoms with van der Waals surface area (Å²) in [7, 11) is 0. The lowest BCUT2D eigenvalue weighted by Crippen LogP contribution is -1.70. The van der Waals surface area contributed by atoms with Gasteiger partial charge in [-0.2, -0.15) is 0 Å². The predicted molar refractivity (Wildman–Crippen MR) is 47.7 cm³/mol. The molecule has 0 amide bonds. The number of furan rings is 1. The molecule has 0 unspecified atom stereocenters. The summed E-state index contributed by atoms with van der Waals surface area (Å²) in [4.78, 5) is 0. The van der Waals surface area contributed by atoms with Crippen molar-refractivity contribution in [1.82, 2.24) is 0 Å². The molecule has 0 atom stereocenters. The molecule has 0 fully saturated rings. The van der Waals surface area contributed by atoms with Crippen molar-refractivity contribution < 1.29 is 4.42 Å². The zero-order valence-corrected chi connectivity index (χ0v) is 6.87. The molecular weight excluding hydrogens is 148 g/mol. The van der Waals surface area contributed by atoms with Gasteiger partial charge in [0.15, 0.2) is 0 Å². The molecule has 1 heteroatoms. The van der Waals surface area contributed by atoms with Crippen LogP contribution in [0.15, 0.2) is 40.8 Å². The van der Waals surface area contributed by atoms with Gasteiger partial charge in [-0.05, 0) is 31.2 Å². The summed E-state index contributed by atoms with van der Waals surface area (Å²) in [6.45, 7) is 1.94. The average Bonchev–Trinajstić information content (AvgIpc) is 2.54. The molecule has 0 aliphatic carbocycles. The minimum Gasteiger partial charge on any atom is -0.461 e. The quantitative estimate of drug-likeness (QED) is 0.620. The fourth-order valence-corrected chi connectivity index (χ4v) is 1.14. The molecule has 0 spiro atoms. The Kier molecular flexibility index (Phi) is 1.71. The van der Waals surface area contributed by atoms with Gasteiger partial charge in [0.1, 0.15) is 11.5 Å². The highest BCUT2D eigenvalue weighted by molar-refractivity contribution is 5.56. The highest BCUT2D eigenvalue weighted by Gasteiger charge is 1.99. The molecule has 59 valence electrons. The molecule has 0 saturated heterocycles. The molecule has 1 aromatic carbocycles. The van der Waals surface area contributed by atoms with Crippen LogP contribution in [0.4, 0.5) is 0 Å². The lowest BCUT2D eigenvalue weighted by atomic mass is 10.2. The summed E-state index contributed by atoms with van der Waals surface area (Å²) in [6, 6.07) is 14.7. The molecule has 1 nitrogen and oxygen atoms in total. The Hall–Kier alpha value is -1.50. The third-order valence-electron chi connectivity index (χ3n) is 1.73. The maximum absolute atomic E-state index is 5.45. The molecule has 12 heavy (non-hydrogen) atoms. The Bertz CT molecular complexity index is 360. The minimum atomic E-state index is 0.907. The lowest BCUT2D eigenvalue weighted by molar-refractivity contribution is 0.548. The summed E-state index contributed by atoms with van der Waals surface area (Å²) in [6.07, 6.45) is 0. The molecule has 0 bridgehead atoms. The van der Waals surface area contributed by atoms with E-state index in [1.807, 2.05) is 43.3 Å². The second-order valence-corrected chi connectivity index (χ2v) is 2.70. The van der Waals surface area contributed by atoms with Crippen LogP contribution < -0.4 is 0 Å². The average molecular weight is 157 g/mol. The van der Waals surface area contributed by atoms with Gasteiger partial charge < -0.3 is 4.42 Å². The van der Waals surface area contributed by atoms with Crippen molar-refractivity contribution in [3.05, 3.63) is 48.2 Å². The molecule has 2 aromatic rings. The third kappa shape index (κ3) is 1.26. The second-order valence-electron chi connectivity index (χ2n) is 2.70. The Morgan fingerprint density at radius 2 is 2.17 bits per heavy atom. The van der Waals surface area contributed by atoms with Crippen molar-refractivity contribution in [3.63, 3.8) is 0 Å². The largest absolute Gasteiger partial charge is 0.461 e. The van der Waals surface area contributed by atoms with Crippen LogP contribution in [-0.4, -0.2) is 0 Å². The number of hydrogen-bond acceptors (Lipinski definition) is 1. The number of aryl methyl sites for hydroxylation is 1. The first-order valence-corrected chi connectivity index (χ1v) is 3.89.